The molecule has 2 N–H and O–H groups in total. The number of aldehydes is 1. The molecule has 1 aromatic heterocycles. The van der Waals surface area contributed by atoms with Crippen molar-refractivity contribution in [2.45, 2.75) is 71.8 Å². The number of nitrogens with two attached hydrogens (primary N) is 1. The van der Waals surface area contributed by atoms with Gasteiger partial charge in [-0.05, 0) is 70.9 Å². The van der Waals surface area contributed by atoms with Crippen molar-refractivity contribution < 1.29 is 27.0 Å². The van der Waals surface area contributed by atoms with Crippen molar-refractivity contribution in [3.63, 3.8) is 0 Å². The number of aliphatic imine (C=N–C) groups is 1. The predicted octanol–water partition coefficient (Wildman–Crippen LogP) is 7.36. The highest BCUT2D eigenvalue weighted by Crippen LogP contribution is 2.42. The molecule has 3 atom stereocenters. The zero-order chi connectivity index (χ0) is 31.3. The van der Waals surface area contributed by atoms with E-state index in [1.807, 2.05) is 20.8 Å². The quantitative estimate of drug-likeness (QED) is 0.275. The number of benzene rings is 1. The van der Waals surface area contributed by atoms with E-state index in [4.69, 9.17) is 9.53 Å². The normalized spacial score (nSPS) is 18.6. The Morgan fingerprint density at radius 1 is 1.22 bits per heavy atom. The zero-order valence-corrected chi connectivity index (χ0v) is 26.2. The molecule has 1 aromatic carbocycles. The molecule has 3 rings (SSSR count). The van der Waals surface area contributed by atoms with Gasteiger partial charge in [0.2, 0.25) is 0 Å². The summed E-state index contributed by atoms with van der Waals surface area (Å²) in [6.45, 7) is 12.2. The fourth-order valence-electron chi connectivity index (χ4n) is 3.45. The summed E-state index contributed by atoms with van der Waals surface area (Å²) in [7, 11) is 1.50. The summed E-state index contributed by atoms with van der Waals surface area (Å²) < 4.78 is 49.7. The molecule has 8 nitrogen and oxygen atoms in total. The van der Waals surface area contributed by atoms with E-state index < -0.39 is 29.4 Å². The number of ether oxygens (including phenoxy) is 1. The molecule has 0 fully saturated rings. The van der Waals surface area contributed by atoms with E-state index in [-0.39, 0.29) is 39.9 Å². The average Bonchev–Trinajstić information content (AvgIpc) is 2.92. The Balaban J connectivity index is 0.00000157. The number of rotatable bonds is 5. The second-order valence-corrected chi connectivity index (χ2v) is 11.5. The molecule has 0 saturated carbocycles. The highest BCUT2D eigenvalue weighted by Gasteiger charge is 2.37. The SMILES string of the molecule is CC=O.CCc1cnc(/C(F)=C/c2ccc(F)c(C3N=C(N(SF)C(=O)OC(C)(C)C)SC(C)[C@H]3C)c2)cn1.CN. The zero-order valence-electron chi connectivity index (χ0n) is 24.5. The molecular formula is C28H38F3N5O3S2. The van der Waals surface area contributed by atoms with Gasteiger partial charge in [0.1, 0.15) is 23.4 Å². The van der Waals surface area contributed by atoms with Crippen molar-refractivity contribution in [1.29, 1.82) is 0 Å². The third-order valence-electron chi connectivity index (χ3n) is 5.53. The number of amidine groups is 1. The molecule has 1 amide bonds. The number of aromatic nitrogens is 2. The monoisotopic (exact) mass is 613 g/mol. The van der Waals surface area contributed by atoms with E-state index in [0.717, 1.165) is 16.3 Å². The smallest absolute Gasteiger partial charge is 0.428 e. The van der Waals surface area contributed by atoms with Crippen LogP contribution in [0.2, 0.25) is 0 Å². The van der Waals surface area contributed by atoms with E-state index >= 15 is 0 Å². The molecule has 0 radical (unpaired) electrons. The Morgan fingerprint density at radius 3 is 2.37 bits per heavy atom. The molecule has 2 unspecified atom stereocenters. The molecule has 2 aromatic rings. The third-order valence-corrected chi connectivity index (χ3v) is 7.40. The Labute approximate surface area is 248 Å². The Kier molecular flexibility index (Phi) is 15.1. The molecular weight excluding hydrogens is 575 g/mol. The van der Waals surface area contributed by atoms with Gasteiger partial charge in [0.05, 0.1) is 17.9 Å². The number of nitrogens with zero attached hydrogens (tertiary/aromatic N) is 4. The maximum absolute atomic E-state index is 15.0. The van der Waals surface area contributed by atoms with Crippen LogP contribution in [0.3, 0.4) is 0 Å². The van der Waals surface area contributed by atoms with Crippen molar-refractivity contribution >= 4 is 53.5 Å². The molecule has 0 saturated heterocycles. The van der Waals surface area contributed by atoms with Crippen LogP contribution in [-0.4, -0.2) is 49.7 Å². The minimum Gasteiger partial charge on any atom is -0.443 e. The highest BCUT2D eigenvalue weighted by atomic mass is 32.2. The van der Waals surface area contributed by atoms with Gasteiger partial charge in [-0.2, -0.15) is 4.31 Å². The molecule has 13 heteroatoms. The maximum atomic E-state index is 15.0. The molecule has 0 spiro atoms. The van der Waals surface area contributed by atoms with E-state index in [2.05, 4.69) is 20.7 Å². The fraction of sp³-hybridized carbons (Fsp3) is 0.464. The summed E-state index contributed by atoms with van der Waals surface area (Å²) in [6.07, 6.45) is 4.64. The molecule has 1 aliphatic heterocycles. The second kappa shape index (κ2) is 17.1. The molecule has 2 heterocycles. The van der Waals surface area contributed by atoms with Crippen LogP contribution in [0.4, 0.5) is 17.5 Å². The van der Waals surface area contributed by atoms with Gasteiger partial charge in [-0.25, -0.2) is 13.6 Å². The Hall–Kier alpha value is -2.90. The summed E-state index contributed by atoms with van der Waals surface area (Å²) in [5.74, 6) is -1.30. The van der Waals surface area contributed by atoms with Gasteiger partial charge in [0.15, 0.2) is 23.3 Å². The largest absolute Gasteiger partial charge is 0.443 e. The predicted molar refractivity (Wildman–Crippen MR) is 162 cm³/mol. The molecule has 226 valence electrons. The summed E-state index contributed by atoms with van der Waals surface area (Å²) in [6, 6.07) is 3.47. The van der Waals surface area contributed by atoms with Crippen LogP contribution in [0, 0.1) is 11.7 Å². The second-order valence-electron chi connectivity index (χ2n) is 9.64. The molecule has 41 heavy (non-hydrogen) atoms. The van der Waals surface area contributed by atoms with Crippen LogP contribution in [0.25, 0.3) is 11.9 Å². The summed E-state index contributed by atoms with van der Waals surface area (Å²) in [5.41, 5.74) is 5.11. The van der Waals surface area contributed by atoms with Gasteiger partial charge in [0.25, 0.3) is 0 Å². The summed E-state index contributed by atoms with van der Waals surface area (Å²) in [4.78, 5) is 34.1. The van der Waals surface area contributed by atoms with Crippen LogP contribution in [0.5, 0.6) is 0 Å². The van der Waals surface area contributed by atoms with Gasteiger partial charge >= 0.3 is 6.09 Å². The third kappa shape index (κ3) is 10.8. The first-order valence-electron chi connectivity index (χ1n) is 12.9. The first-order chi connectivity index (χ1) is 19.3. The van der Waals surface area contributed by atoms with Crippen LogP contribution >= 0.6 is 24.1 Å². The van der Waals surface area contributed by atoms with Crippen LogP contribution in [-0.2, 0) is 16.0 Å². The number of carbonyl (C=O) groups is 2. The fourth-order valence-corrected chi connectivity index (χ4v) is 4.90. The van der Waals surface area contributed by atoms with E-state index in [1.54, 1.807) is 20.8 Å². The Bertz CT molecular complexity index is 1210. The van der Waals surface area contributed by atoms with Crippen molar-refractivity contribution in [1.82, 2.24) is 14.3 Å². The number of hydrogen-bond acceptors (Lipinski definition) is 9. The number of aryl methyl sites for hydroxylation is 1. The lowest BCUT2D eigenvalue weighted by Gasteiger charge is -2.34. The first-order valence-corrected chi connectivity index (χ1v) is 14.4. The van der Waals surface area contributed by atoms with Gasteiger partial charge in [0, 0.05) is 17.0 Å². The molecule has 0 aliphatic carbocycles. The molecule has 1 aliphatic rings. The summed E-state index contributed by atoms with van der Waals surface area (Å²) >= 11 is 0.889. The average molecular weight is 614 g/mol. The number of carbonyl (C=O) groups excluding carboxylic acids is 2. The van der Waals surface area contributed by atoms with Crippen molar-refractivity contribution in [3.8, 4) is 0 Å². The van der Waals surface area contributed by atoms with Gasteiger partial charge in [-0.3, -0.25) is 15.0 Å². The van der Waals surface area contributed by atoms with Gasteiger partial charge < -0.3 is 15.3 Å². The first kappa shape index (κ1) is 36.1. The lowest BCUT2D eigenvalue weighted by atomic mass is 9.91. The van der Waals surface area contributed by atoms with Crippen molar-refractivity contribution in [3.05, 3.63) is 58.9 Å². The van der Waals surface area contributed by atoms with E-state index in [9.17, 15) is 17.5 Å². The van der Waals surface area contributed by atoms with Crippen molar-refractivity contribution in [2.75, 3.05) is 7.05 Å². The topological polar surface area (TPSA) is 111 Å². The number of halogens is 3. The van der Waals surface area contributed by atoms with Gasteiger partial charge in [-0.1, -0.05) is 38.6 Å². The summed E-state index contributed by atoms with van der Waals surface area (Å²) in [5, 5.41) is -0.0487. The van der Waals surface area contributed by atoms with Crippen LogP contribution in [0.15, 0.2) is 35.6 Å². The number of thioether (sulfide) groups is 1. The standard InChI is InChI=1S/C25H29F3N4O2S2.C2H4O.CH5N/c1-7-17-12-30-21(13-29-17)20(27)11-16-8-9-19(26)18(10-16)22-14(2)15(3)35-23(31-22)32(36-28)24(33)34-25(4,5)6;1-2-3;1-2/h8-15,22H,7H2,1-6H3;2H,1H3;2H2,1H3/b20-11-;;/t14-,15?,22?;;/m1../s1. The number of hydrogen-bond donors (Lipinski definition) is 1. The van der Waals surface area contributed by atoms with Crippen molar-refractivity contribution in [2.24, 2.45) is 16.6 Å². The van der Waals surface area contributed by atoms with E-state index in [0.29, 0.717) is 12.0 Å². The van der Waals surface area contributed by atoms with Gasteiger partial charge in [-0.15, -0.1) is 3.89 Å². The van der Waals surface area contributed by atoms with Crippen LogP contribution < -0.4 is 5.73 Å². The number of amides is 1. The minimum absolute atomic E-state index is 0.0717. The van der Waals surface area contributed by atoms with Crippen LogP contribution in [0.1, 0.15) is 77.0 Å². The lowest BCUT2D eigenvalue weighted by molar-refractivity contribution is -0.106. The highest BCUT2D eigenvalue weighted by molar-refractivity contribution is 8.15. The molecule has 0 bridgehead atoms. The lowest BCUT2D eigenvalue weighted by Crippen LogP contribution is -2.38. The van der Waals surface area contributed by atoms with E-state index in [1.165, 1.54) is 62.4 Å². The Morgan fingerprint density at radius 2 is 1.85 bits per heavy atom. The minimum atomic E-state index is -0.906. The maximum Gasteiger partial charge on any atom is 0.428 e.